The van der Waals surface area contributed by atoms with Crippen molar-refractivity contribution in [2.45, 2.75) is 30.2 Å². The van der Waals surface area contributed by atoms with Crippen LogP contribution >= 0.6 is 24.0 Å². The topological polar surface area (TPSA) is 71.5 Å². The Morgan fingerprint density at radius 2 is 1.95 bits per heavy atom. The fourth-order valence-corrected chi connectivity index (χ4v) is 10.1. The first-order valence-corrected chi connectivity index (χ1v) is 11.0. The van der Waals surface area contributed by atoms with Crippen LogP contribution in [0.5, 0.6) is 0 Å². The molecule has 3 aliphatic heterocycles. The Labute approximate surface area is 122 Å². The van der Waals surface area contributed by atoms with Crippen LogP contribution in [0, 0.1) is 0 Å². The van der Waals surface area contributed by atoms with E-state index < -0.39 is 25.2 Å². The van der Waals surface area contributed by atoms with Gasteiger partial charge in [0.05, 0.1) is 28.6 Å². The Balaban J connectivity index is 1.95. The van der Waals surface area contributed by atoms with E-state index in [2.05, 4.69) is 0 Å². The number of fused-ring (bicyclic) bond motifs is 1. The van der Waals surface area contributed by atoms with Crippen LogP contribution in [0.3, 0.4) is 0 Å². The molecule has 5 nitrogen and oxygen atoms in total. The molecule has 3 aliphatic rings. The van der Waals surface area contributed by atoms with Gasteiger partial charge in [-0.15, -0.1) is 0 Å². The normalized spacial score (nSPS) is 43.6. The van der Waals surface area contributed by atoms with Crippen LogP contribution in [0.4, 0.5) is 0 Å². The van der Waals surface area contributed by atoms with Gasteiger partial charge in [-0.2, -0.15) is 0 Å². The highest BCUT2D eigenvalue weighted by Gasteiger charge is 2.59. The molecule has 3 rings (SSSR count). The average molecular weight is 342 g/mol. The highest BCUT2D eigenvalue weighted by atomic mass is 32.2. The average Bonchev–Trinajstić information content (AvgIpc) is 2.72. The number of nitrogens with zero attached hydrogens (tertiary/aromatic N) is 1. The van der Waals surface area contributed by atoms with E-state index in [4.69, 9.17) is 12.2 Å². The molecule has 0 aliphatic carbocycles. The number of thiocarbonyl (C=S) groups is 1. The van der Waals surface area contributed by atoms with E-state index in [0.717, 1.165) is 0 Å². The molecule has 0 radical (unpaired) electrons. The largest absolute Gasteiger partial charge is 0.346 e. The van der Waals surface area contributed by atoms with Crippen LogP contribution in [-0.4, -0.2) is 65.9 Å². The molecule has 108 valence electrons. The van der Waals surface area contributed by atoms with E-state index in [0.29, 0.717) is 10.7 Å². The lowest BCUT2D eigenvalue weighted by Crippen LogP contribution is -2.54. The minimum absolute atomic E-state index is 0.0618. The van der Waals surface area contributed by atoms with Gasteiger partial charge in [0.2, 0.25) is 0 Å². The number of rotatable bonds is 1. The Kier molecular flexibility index (Phi) is 3.03. The smallest absolute Gasteiger partial charge is 0.153 e. The molecule has 0 aromatic rings. The first kappa shape index (κ1) is 14.1. The summed E-state index contributed by atoms with van der Waals surface area (Å²) in [5.41, 5.74) is -0.537. The van der Waals surface area contributed by atoms with E-state index in [1.807, 2.05) is 11.8 Å². The predicted molar refractivity (Wildman–Crippen MR) is 79.9 cm³/mol. The summed E-state index contributed by atoms with van der Waals surface area (Å²) in [5, 5.41) is -0.0618. The van der Waals surface area contributed by atoms with Crippen LogP contribution < -0.4 is 0 Å². The standard InChI is InChI=1S/C10H15NO4S4/c1-10-6-19(14,15)5-8(10)17-9(16)11(10)7-2-3-18(12,13)4-7/h7-8H,2-6H2,1H3/t7?,8-,10+/m0/s1. The van der Waals surface area contributed by atoms with Gasteiger partial charge in [0.1, 0.15) is 4.32 Å². The van der Waals surface area contributed by atoms with Crippen molar-refractivity contribution in [3.8, 4) is 0 Å². The van der Waals surface area contributed by atoms with Crippen molar-refractivity contribution in [1.82, 2.24) is 4.90 Å². The van der Waals surface area contributed by atoms with Crippen molar-refractivity contribution >= 4 is 48.0 Å². The SMILES string of the molecule is C[C@@]12CS(=O)(=O)C[C@@H]1SC(=S)N2C1CCS(=O)(=O)C1. The molecule has 0 aromatic heterocycles. The van der Waals surface area contributed by atoms with Crippen LogP contribution in [-0.2, 0) is 19.7 Å². The third kappa shape index (κ3) is 2.22. The molecule has 3 heterocycles. The fourth-order valence-electron chi connectivity index (χ4n) is 3.33. The summed E-state index contributed by atoms with van der Waals surface area (Å²) in [6, 6.07) is -0.159. The summed E-state index contributed by atoms with van der Waals surface area (Å²) in [5.74, 6) is 0.490. The Hall–Kier alpha value is 0.140. The quantitative estimate of drug-likeness (QED) is 0.625. The molecule has 0 aromatic carbocycles. The molecule has 0 N–H and O–H groups in total. The lowest BCUT2D eigenvalue weighted by molar-refractivity contribution is 0.197. The van der Waals surface area contributed by atoms with Gasteiger partial charge < -0.3 is 4.90 Å². The molecule has 3 fully saturated rings. The second-order valence-corrected chi connectivity index (χ2v) is 11.9. The zero-order valence-electron chi connectivity index (χ0n) is 10.4. The number of hydrogen-bond acceptors (Lipinski definition) is 6. The minimum Gasteiger partial charge on any atom is -0.346 e. The molecule has 0 spiro atoms. The number of hydrogen-bond donors (Lipinski definition) is 0. The van der Waals surface area contributed by atoms with Gasteiger partial charge in [0.15, 0.2) is 19.7 Å². The maximum absolute atomic E-state index is 11.8. The zero-order chi connectivity index (χ0) is 14.1. The van der Waals surface area contributed by atoms with Crippen molar-refractivity contribution in [2.24, 2.45) is 0 Å². The third-order valence-electron chi connectivity index (χ3n) is 4.17. The van der Waals surface area contributed by atoms with Crippen molar-refractivity contribution in [3.05, 3.63) is 0 Å². The summed E-state index contributed by atoms with van der Waals surface area (Å²) in [7, 11) is -6.05. The predicted octanol–water partition coefficient (Wildman–Crippen LogP) is 0.0629. The lowest BCUT2D eigenvalue weighted by Gasteiger charge is -2.38. The van der Waals surface area contributed by atoms with Gasteiger partial charge in [-0.1, -0.05) is 24.0 Å². The van der Waals surface area contributed by atoms with Gasteiger partial charge in [-0.25, -0.2) is 16.8 Å². The highest BCUT2D eigenvalue weighted by Crippen LogP contribution is 2.48. The first-order valence-electron chi connectivity index (χ1n) is 6.04. The Bertz CT molecular complexity index is 640. The summed E-state index contributed by atoms with van der Waals surface area (Å²) in [6.45, 7) is 1.90. The molecule has 1 unspecified atom stereocenters. The van der Waals surface area contributed by atoms with Gasteiger partial charge in [-0.3, -0.25) is 0 Å². The molecule has 0 saturated carbocycles. The van der Waals surface area contributed by atoms with Gasteiger partial charge >= 0.3 is 0 Å². The maximum atomic E-state index is 11.8. The molecule has 0 amide bonds. The second kappa shape index (κ2) is 4.08. The monoisotopic (exact) mass is 341 g/mol. The van der Waals surface area contributed by atoms with Gasteiger partial charge in [0, 0.05) is 11.3 Å². The minimum atomic E-state index is -3.05. The molecule has 3 saturated heterocycles. The lowest BCUT2D eigenvalue weighted by atomic mass is 9.97. The molecule has 0 bridgehead atoms. The van der Waals surface area contributed by atoms with E-state index in [9.17, 15) is 16.8 Å². The Morgan fingerprint density at radius 3 is 2.53 bits per heavy atom. The summed E-state index contributed by atoms with van der Waals surface area (Å²) in [4.78, 5) is 1.91. The van der Waals surface area contributed by atoms with Crippen molar-refractivity contribution < 1.29 is 16.8 Å². The van der Waals surface area contributed by atoms with E-state index in [1.165, 1.54) is 11.8 Å². The third-order valence-corrected chi connectivity index (χ3v) is 9.84. The number of thioether (sulfide) groups is 1. The van der Waals surface area contributed by atoms with Crippen LogP contribution in [0.15, 0.2) is 0 Å². The molecular formula is C10H15NO4S4. The second-order valence-electron chi connectivity index (χ2n) is 5.71. The maximum Gasteiger partial charge on any atom is 0.153 e. The van der Waals surface area contributed by atoms with Crippen molar-refractivity contribution in [3.63, 3.8) is 0 Å². The van der Waals surface area contributed by atoms with Gasteiger partial charge in [0.25, 0.3) is 0 Å². The summed E-state index contributed by atoms with van der Waals surface area (Å²) >= 11 is 6.77. The molecule has 3 atom stereocenters. The van der Waals surface area contributed by atoms with Crippen molar-refractivity contribution in [1.29, 1.82) is 0 Å². The molecule has 9 heteroatoms. The van der Waals surface area contributed by atoms with Crippen LogP contribution in [0.25, 0.3) is 0 Å². The molecule has 19 heavy (non-hydrogen) atoms. The van der Waals surface area contributed by atoms with Crippen LogP contribution in [0.2, 0.25) is 0 Å². The molecular weight excluding hydrogens is 326 g/mol. The highest BCUT2D eigenvalue weighted by molar-refractivity contribution is 8.24. The summed E-state index contributed by atoms with van der Waals surface area (Å²) in [6.07, 6.45) is 0.547. The van der Waals surface area contributed by atoms with Crippen LogP contribution in [0.1, 0.15) is 13.3 Å². The Morgan fingerprint density at radius 1 is 1.26 bits per heavy atom. The van der Waals surface area contributed by atoms with Gasteiger partial charge in [-0.05, 0) is 13.3 Å². The summed E-state index contributed by atoms with van der Waals surface area (Å²) < 4.78 is 47.6. The van der Waals surface area contributed by atoms with E-state index in [-0.39, 0.29) is 34.3 Å². The van der Waals surface area contributed by atoms with E-state index >= 15 is 0 Å². The fraction of sp³-hybridized carbons (Fsp3) is 0.900. The van der Waals surface area contributed by atoms with Crippen molar-refractivity contribution in [2.75, 3.05) is 23.0 Å². The van der Waals surface area contributed by atoms with E-state index in [1.54, 1.807) is 0 Å². The first-order chi connectivity index (χ1) is 8.63. The zero-order valence-corrected chi connectivity index (χ0v) is 13.7. The number of sulfone groups is 2.